The van der Waals surface area contributed by atoms with Gasteiger partial charge in [0, 0.05) is 17.8 Å². The molecule has 0 aliphatic carbocycles. The predicted molar refractivity (Wildman–Crippen MR) is 99.9 cm³/mol. The molecule has 4 aromatic rings. The largest absolute Gasteiger partial charge is 0.349 e. The third-order valence-electron chi connectivity index (χ3n) is 4.39. The molecule has 6 nitrogen and oxygen atoms in total. The molecule has 2 N–H and O–H groups in total. The van der Waals surface area contributed by atoms with Gasteiger partial charge in [0.2, 0.25) is 5.91 Å². The minimum absolute atomic E-state index is 0.0450. The van der Waals surface area contributed by atoms with E-state index in [1.807, 2.05) is 67.7 Å². The third-order valence-corrected chi connectivity index (χ3v) is 4.39. The molecule has 4 rings (SSSR count). The molecule has 2 aromatic heterocycles. The number of fused-ring (bicyclic) bond motifs is 1. The highest BCUT2D eigenvalue weighted by Crippen LogP contribution is 2.18. The maximum atomic E-state index is 12.5. The second kappa shape index (κ2) is 6.84. The average Bonchev–Trinajstić information content (AvgIpc) is 3.32. The normalized spacial score (nSPS) is 12.2. The summed E-state index contributed by atoms with van der Waals surface area (Å²) < 4.78 is 1.80. The molecule has 130 valence electrons. The lowest BCUT2D eigenvalue weighted by Gasteiger charge is -2.15. The maximum absolute atomic E-state index is 12.5. The van der Waals surface area contributed by atoms with Crippen LogP contribution in [0.4, 0.5) is 0 Å². The van der Waals surface area contributed by atoms with Crippen LogP contribution in [0.25, 0.3) is 16.6 Å². The number of para-hydroxylation sites is 1. The van der Waals surface area contributed by atoms with E-state index >= 15 is 0 Å². The highest BCUT2D eigenvalue weighted by atomic mass is 16.1. The van der Waals surface area contributed by atoms with Crippen molar-refractivity contribution in [1.82, 2.24) is 25.3 Å². The van der Waals surface area contributed by atoms with Gasteiger partial charge in [-0.3, -0.25) is 9.89 Å². The first kappa shape index (κ1) is 16.1. The molecule has 6 heteroatoms. The molecule has 0 fully saturated rings. The minimum atomic E-state index is -0.104. The number of aromatic amines is 1. The molecule has 0 spiro atoms. The van der Waals surface area contributed by atoms with Gasteiger partial charge in [-0.15, -0.1) is 0 Å². The highest BCUT2D eigenvalue weighted by Gasteiger charge is 2.13. The van der Waals surface area contributed by atoms with Gasteiger partial charge in [0.05, 0.1) is 29.4 Å². The Labute approximate surface area is 150 Å². The van der Waals surface area contributed by atoms with Gasteiger partial charge in [-0.2, -0.15) is 10.2 Å². The van der Waals surface area contributed by atoms with Crippen LogP contribution in [0, 0.1) is 0 Å². The summed E-state index contributed by atoms with van der Waals surface area (Å²) in [6.07, 6.45) is 3.90. The summed E-state index contributed by atoms with van der Waals surface area (Å²) in [6.45, 7) is 1.98. The second-order valence-electron chi connectivity index (χ2n) is 6.23. The van der Waals surface area contributed by atoms with Crippen LogP contribution in [-0.2, 0) is 11.2 Å². The molecule has 0 saturated carbocycles. The molecule has 2 heterocycles. The number of amides is 1. The van der Waals surface area contributed by atoms with Crippen LogP contribution in [0.2, 0.25) is 0 Å². The Hall–Kier alpha value is -3.41. The summed E-state index contributed by atoms with van der Waals surface area (Å²) in [4.78, 5) is 12.5. The lowest BCUT2D eigenvalue weighted by Crippen LogP contribution is -2.28. The molecule has 0 radical (unpaired) electrons. The number of hydrogen-bond donors (Lipinski definition) is 2. The van der Waals surface area contributed by atoms with Gasteiger partial charge in [-0.05, 0) is 36.8 Å². The van der Waals surface area contributed by atoms with Gasteiger partial charge in [-0.25, -0.2) is 4.68 Å². The van der Waals surface area contributed by atoms with Gasteiger partial charge in [0.25, 0.3) is 0 Å². The first-order chi connectivity index (χ1) is 12.7. The third kappa shape index (κ3) is 3.21. The minimum Gasteiger partial charge on any atom is -0.349 e. The van der Waals surface area contributed by atoms with E-state index in [9.17, 15) is 4.79 Å². The number of hydrogen-bond acceptors (Lipinski definition) is 3. The average molecular weight is 345 g/mol. The summed E-state index contributed by atoms with van der Waals surface area (Å²) in [5, 5.41) is 15.5. The second-order valence-corrected chi connectivity index (χ2v) is 6.23. The zero-order valence-electron chi connectivity index (χ0n) is 14.4. The molecular formula is C20H19N5O. The van der Waals surface area contributed by atoms with Crippen molar-refractivity contribution in [2.24, 2.45) is 0 Å². The summed E-state index contributed by atoms with van der Waals surface area (Å²) in [7, 11) is 0. The quantitative estimate of drug-likeness (QED) is 0.583. The van der Waals surface area contributed by atoms with Gasteiger partial charge in [0.15, 0.2) is 0 Å². The Morgan fingerprint density at radius 1 is 1.19 bits per heavy atom. The topological polar surface area (TPSA) is 75.6 Å². The van der Waals surface area contributed by atoms with Crippen molar-refractivity contribution in [2.75, 3.05) is 0 Å². The molecule has 1 amide bonds. The Balaban J connectivity index is 1.47. The first-order valence-electron chi connectivity index (χ1n) is 8.52. The number of rotatable bonds is 5. The number of H-pyrrole nitrogens is 1. The van der Waals surface area contributed by atoms with E-state index in [1.54, 1.807) is 10.9 Å². The Morgan fingerprint density at radius 3 is 2.92 bits per heavy atom. The van der Waals surface area contributed by atoms with Crippen LogP contribution in [0.5, 0.6) is 0 Å². The fourth-order valence-electron chi connectivity index (χ4n) is 3.04. The zero-order chi connectivity index (χ0) is 17.9. The maximum Gasteiger partial charge on any atom is 0.226 e. The number of carbonyl (C=O) groups excluding carboxylic acids is 1. The van der Waals surface area contributed by atoms with Crippen LogP contribution >= 0.6 is 0 Å². The lowest BCUT2D eigenvalue weighted by atomic mass is 10.1. The van der Waals surface area contributed by atoms with E-state index in [1.165, 1.54) is 0 Å². The van der Waals surface area contributed by atoms with Crippen molar-refractivity contribution in [3.63, 3.8) is 0 Å². The van der Waals surface area contributed by atoms with Crippen molar-refractivity contribution in [2.45, 2.75) is 19.4 Å². The van der Waals surface area contributed by atoms with Gasteiger partial charge >= 0.3 is 0 Å². The van der Waals surface area contributed by atoms with Crippen LogP contribution in [-0.4, -0.2) is 25.9 Å². The first-order valence-corrected chi connectivity index (χ1v) is 8.52. The van der Waals surface area contributed by atoms with Gasteiger partial charge in [-0.1, -0.05) is 30.3 Å². The van der Waals surface area contributed by atoms with Crippen LogP contribution in [0.15, 0.2) is 67.0 Å². The number of aromatic nitrogens is 4. The SMILES string of the molecule is C[C@H](NC(=O)Cc1[nH]nc2ccccc12)c1cccc(-n2cccn2)c1. The molecule has 0 aliphatic rings. The van der Waals surface area contributed by atoms with Crippen LogP contribution in [0.3, 0.4) is 0 Å². The van der Waals surface area contributed by atoms with Gasteiger partial charge < -0.3 is 5.32 Å². The Bertz CT molecular complexity index is 1040. The highest BCUT2D eigenvalue weighted by molar-refractivity contribution is 5.87. The zero-order valence-corrected chi connectivity index (χ0v) is 14.4. The molecule has 1 atom stereocenters. The number of carbonyl (C=O) groups is 1. The number of nitrogens with zero attached hydrogens (tertiary/aromatic N) is 3. The van der Waals surface area contributed by atoms with E-state index in [4.69, 9.17) is 0 Å². The Morgan fingerprint density at radius 2 is 2.08 bits per heavy atom. The summed E-state index contributed by atoms with van der Waals surface area (Å²) >= 11 is 0. The summed E-state index contributed by atoms with van der Waals surface area (Å²) in [5.41, 5.74) is 3.69. The molecular weight excluding hydrogens is 326 g/mol. The van der Waals surface area contributed by atoms with E-state index < -0.39 is 0 Å². The monoisotopic (exact) mass is 345 g/mol. The number of nitrogens with one attached hydrogen (secondary N) is 2. The van der Waals surface area contributed by atoms with Crippen LogP contribution in [0.1, 0.15) is 24.2 Å². The standard InChI is InChI=1S/C20H19N5O/c1-14(15-6-4-7-16(12-15)25-11-5-10-21-25)22-20(26)13-19-17-8-2-3-9-18(17)23-24-19/h2-12,14H,13H2,1H3,(H,22,26)(H,23,24)/t14-/m0/s1. The van der Waals surface area contributed by atoms with E-state index in [0.717, 1.165) is 27.8 Å². The van der Waals surface area contributed by atoms with Crippen molar-refractivity contribution < 1.29 is 4.79 Å². The molecule has 26 heavy (non-hydrogen) atoms. The fraction of sp³-hybridized carbons (Fsp3) is 0.150. The molecule has 0 bridgehead atoms. The number of benzene rings is 2. The summed E-state index contributed by atoms with van der Waals surface area (Å²) in [6, 6.07) is 17.5. The molecule has 0 aliphatic heterocycles. The smallest absolute Gasteiger partial charge is 0.226 e. The van der Waals surface area contributed by atoms with Crippen molar-refractivity contribution in [1.29, 1.82) is 0 Å². The van der Waals surface area contributed by atoms with E-state index in [2.05, 4.69) is 20.6 Å². The predicted octanol–water partition coefficient (Wildman–Crippen LogP) is 3.17. The van der Waals surface area contributed by atoms with Gasteiger partial charge in [0.1, 0.15) is 0 Å². The molecule has 0 unspecified atom stereocenters. The van der Waals surface area contributed by atoms with Crippen LogP contribution < -0.4 is 5.32 Å². The van der Waals surface area contributed by atoms with Crippen molar-refractivity contribution >= 4 is 16.8 Å². The van der Waals surface area contributed by atoms with E-state index in [0.29, 0.717) is 0 Å². The fourth-order valence-corrected chi connectivity index (χ4v) is 3.04. The summed E-state index contributed by atoms with van der Waals surface area (Å²) in [5.74, 6) is -0.0450. The molecule has 2 aromatic carbocycles. The Kier molecular flexibility index (Phi) is 4.23. The van der Waals surface area contributed by atoms with E-state index in [-0.39, 0.29) is 18.4 Å². The lowest BCUT2D eigenvalue weighted by molar-refractivity contribution is -0.121. The molecule has 0 saturated heterocycles. The van der Waals surface area contributed by atoms with Crippen molar-refractivity contribution in [3.05, 3.63) is 78.2 Å². The van der Waals surface area contributed by atoms with Crippen molar-refractivity contribution in [3.8, 4) is 5.69 Å².